The number of hydrogen-bond donors (Lipinski definition) is 1. The molecule has 4 heteroatoms. The molecule has 4 nitrogen and oxygen atoms in total. The Bertz CT molecular complexity index is 561. The van der Waals surface area contributed by atoms with E-state index in [0.717, 1.165) is 30.2 Å². The van der Waals surface area contributed by atoms with Crippen LogP contribution in [-0.2, 0) is 19.5 Å². The highest BCUT2D eigenvalue weighted by Crippen LogP contribution is 2.22. The summed E-state index contributed by atoms with van der Waals surface area (Å²) in [5.41, 5.74) is 9.03. The van der Waals surface area contributed by atoms with Gasteiger partial charge >= 0.3 is 0 Å². The Kier molecular flexibility index (Phi) is 4.22. The lowest BCUT2D eigenvalue weighted by molar-refractivity contribution is 0.408. The Labute approximate surface area is 114 Å². The molecule has 0 aliphatic heterocycles. The zero-order chi connectivity index (χ0) is 13.8. The molecule has 0 saturated carbocycles. The quantitative estimate of drug-likeness (QED) is 0.896. The van der Waals surface area contributed by atoms with Crippen LogP contribution in [0, 0.1) is 6.92 Å². The second-order valence-electron chi connectivity index (χ2n) is 4.61. The highest BCUT2D eigenvalue weighted by Gasteiger charge is 2.08. The first-order valence-corrected chi connectivity index (χ1v) is 6.56. The Morgan fingerprint density at radius 2 is 2.16 bits per heavy atom. The number of aromatic nitrogens is 2. The van der Waals surface area contributed by atoms with Crippen molar-refractivity contribution in [3.05, 3.63) is 47.0 Å². The lowest BCUT2D eigenvalue weighted by Gasteiger charge is -2.11. The molecule has 1 aromatic carbocycles. The maximum atomic E-state index is 5.63. The summed E-state index contributed by atoms with van der Waals surface area (Å²) in [6.45, 7) is 5.38. The zero-order valence-electron chi connectivity index (χ0n) is 11.8. The fourth-order valence-electron chi connectivity index (χ4n) is 2.19. The van der Waals surface area contributed by atoms with Crippen LogP contribution in [0.15, 0.2) is 24.4 Å². The van der Waals surface area contributed by atoms with Crippen molar-refractivity contribution < 1.29 is 4.74 Å². The van der Waals surface area contributed by atoms with Gasteiger partial charge in [-0.2, -0.15) is 0 Å². The number of nitrogens with zero attached hydrogens (tertiary/aromatic N) is 2. The van der Waals surface area contributed by atoms with Gasteiger partial charge in [0.05, 0.1) is 19.3 Å². The van der Waals surface area contributed by atoms with Gasteiger partial charge in [0, 0.05) is 18.3 Å². The van der Waals surface area contributed by atoms with Crippen LogP contribution in [0.3, 0.4) is 0 Å². The Morgan fingerprint density at radius 1 is 1.37 bits per heavy atom. The van der Waals surface area contributed by atoms with E-state index < -0.39 is 0 Å². The molecule has 0 saturated heterocycles. The maximum Gasteiger partial charge on any atom is 0.123 e. The monoisotopic (exact) mass is 259 g/mol. The minimum atomic E-state index is 0.472. The topological polar surface area (TPSA) is 53.1 Å². The molecule has 0 aliphatic carbocycles. The number of methoxy groups -OCH3 is 1. The van der Waals surface area contributed by atoms with Crippen LogP contribution in [0.2, 0.25) is 0 Å². The number of aryl methyl sites for hydroxylation is 2. The number of ether oxygens (including phenoxy) is 1. The number of hydrogen-bond acceptors (Lipinski definition) is 3. The molecular weight excluding hydrogens is 238 g/mol. The average molecular weight is 259 g/mol. The molecule has 19 heavy (non-hydrogen) atoms. The van der Waals surface area contributed by atoms with E-state index in [9.17, 15) is 0 Å². The van der Waals surface area contributed by atoms with Crippen LogP contribution in [0.25, 0.3) is 0 Å². The predicted octanol–water partition coefficient (Wildman–Crippen LogP) is 2.27. The van der Waals surface area contributed by atoms with E-state index in [1.165, 1.54) is 11.1 Å². The third-order valence-electron chi connectivity index (χ3n) is 3.33. The van der Waals surface area contributed by atoms with E-state index in [1.54, 1.807) is 7.11 Å². The van der Waals surface area contributed by atoms with Gasteiger partial charge in [0.15, 0.2) is 0 Å². The summed E-state index contributed by atoms with van der Waals surface area (Å²) >= 11 is 0. The van der Waals surface area contributed by atoms with Gasteiger partial charge in [-0.15, -0.1) is 0 Å². The third kappa shape index (κ3) is 2.96. The van der Waals surface area contributed by atoms with Crippen molar-refractivity contribution in [2.75, 3.05) is 7.11 Å². The Hall–Kier alpha value is -1.81. The second-order valence-corrected chi connectivity index (χ2v) is 4.61. The molecule has 2 aromatic rings. The summed E-state index contributed by atoms with van der Waals surface area (Å²) in [5, 5.41) is 0. The first kappa shape index (κ1) is 13.6. The fourth-order valence-corrected chi connectivity index (χ4v) is 2.19. The summed E-state index contributed by atoms with van der Waals surface area (Å²) in [6.07, 6.45) is 3.03. The van der Waals surface area contributed by atoms with E-state index >= 15 is 0 Å². The van der Waals surface area contributed by atoms with Gasteiger partial charge in [-0.1, -0.05) is 19.1 Å². The molecule has 0 fully saturated rings. The van der Waals surface area contributed by atoms with Crippen LogP contribution in [0.5, 0.6) is 5.75 Å². The van der Waals surface area contributed by atoms with Crippen LogP contribution in [0.1, 0.15) is 29.6 Å². The first-order chi connectivity index (χ1) is 9.17. The lowest BCUT2D eigenvalue weighted by Crippen LogP contribution is -2.03. The third-order valence-corrected chi connectivity index (χ3v) is 3.33. The van der Waals surface area contributed by atoms with E-state index in [1.807, 2.05) is 19.2 Å². The number of nitrogens with two attached hydrogens (primary N) is 1. The first-order valence-electron chi connectivity index (χ1n) is 6.56. The molecule has 1 aromatic heterocycles. The van der Waals surface area contributed by atoms with Gasteiger partial charge in [-0.05, 0) is 25.0 Å². The van der Waals surface area contributed by atoms with Crippen molar-refractivity contribution in [2.24, 2.45) is 5.73 Å². The van der Waals surface area contributed by atoms with Crippen LogP contribution in [-0.4, -0.2) is 16.7 Å². The largest absolute Gasteiger partial charge is 0.496 e. The number of benzene rings is 1. The molecule has 0 amide bonds. The highest BCUT2D eigenvalue weighted by atomic mass is 16.5. The van der Waals surface area contributed by atoms with E-state index in [4.69, 9.17) is 10.5 Å². The normalized spacial score (nSPS) is 10.7. The molecule has 102 valence electrons. The average Bonchev–Trinajstić information content (AvgIpc) is 2.79. The van der Waals surface area contributed by atoms with E-state index in [-0.39, 0.29) is 0 Å². The molecule has 0 aliphatic rings. The number of imidazole rings is 1. The van der Waals surface area contributed by atoms with Crippen molar-refractivity contribution in [3.63, 3.8) is 0 Å². The van der Waals surface area contributed by atoms with Gasteiger partial charge in [0.1, 0.15) is 11.6 Å². The SMILES string of the molecule is CCc1ccc(OC)c(Cn2cc(CN)nc2C)c1. The molecule has 2 N–H and O–H groups in total. The van der Waals surface area contributed by atoms with Crippen molar-refractivity contribution in [2.45, 2.75) is 33.4 Å². The van der Waals surface area contributed by atoms with Crippen molar-refractivity contribution in [1.82, 2.24) is 9.55 Å². The van der Waals surface area contributed by atoms with Gasteiger partial charge < -0.3 is 15.0 Å². The number of rotatable bonds is 5. The minimum Gasteiger partial charge on any atom is -0.496 e. The van der Waals surface area contributed by atoms with Gasteiger partial charge in [0.2, 0.25) is 0 Å². The summed E-state index contributed by atoms with van der Waals surface area (Å²) in [7, 11) is 1.70. The molecule has 0 bridgehead atoms. The standard InChI is InChI=1S/C15H21N3O/c1-4-12-5-6-15(19-3)13(7-12)9-18-10-14(8-16)17-11(18)2/h5-7,10H,4,8-9,16H2,1-3H3. The van der Waals surface area contributed by atoms with Crippen LogP contribution >= 0.6 is 0 Å². The maximum absolute atomic E-state index is 5.63. The molecule has 0 unspecified atom stereocenters. The summed E-state index contributed by atoms with van der Waals surface area (Å²) < 4.78 is 7.54. The molecule has 0 spiro atoms. The molecule has 2 rings (SSSR count). The van der Waals surface area contributed by atoms with Crippen molar-refractivity contribution in [3.8, 4) is 5.75 Å². The van der Waals surface area contributed by atoms with Crippen molar-refractivity contribution in [1.29, 1.82) is 0 Å². The minimum absolute atomic E-state index is 0.472. The lowest BCUT2D eigenvalue weighted by atomic mass is 10.1. The fraction of sp³-hybridized carbons (Fsp3) is 0.400. The highest BCUT2D eigenvalue weighted by molar-refractivity contribution is 5.37. The summed E-state index contributed by atoms with van der Waals surface area (Å²) in [5.74, 6) is 1.89. The predicted molar refractivity (Wildman–Crippen MR) is 76.3 cm³/mol. The van der Waals surface area contributed by atoms with Crippen molar-refractivity contribution >= 4 is 0 Å². The van der Waals surface area contributed by atoms with Gasteiger partial charge in [-0.25, -0.2) is 4.98 Å². The van der Waals surface area contributed by atoms with Gasteiger partial charge in [-0.3, -0.25) is 0 Å². The zero-order valence-corrected chi connectivity index (χ0v) is 11.8. The van der Waals surface area contributed by atoms with Crippen LogP contribution in [0.4, 0.5) is 0 Å². The van der Waals surface area contributed by atoms with E-state index in [0.29, 0.717) is 6.54 Å². The second kappa shape index (κ2) is 5.89. The summed E-state index contributed by atoms with van der Waals surface area (Å²) in [4.78, 5) is 4.42. The molecule has 0 radical (unpaired) electrons. The Balaban J connectivity index is 2.33. The van der Waals surface area contributed by atoms with E-state index in [2.05, 4.69) is 28.6 Å². The molecule has 1 heterocycles. The Morgan fingerprint density at radius 3 is 2.74 bits per heavy atom. The molecular formula is C15H21N3O. The van der Waals surface area contributed by atoms with Gasteiger partial charge in [0.25, 0.3) is 0 Å². The summed E-state index contributed by atoms with van der Waals surface area (Å²) in [6, 6.07) is 6.33. The smallest absolute Gasteiger partial charge is 0.123 e. The van der Waals surface area contributed by atoms with Crippen LogP contribution < -0.4 is 10.5 Å². The molecule has 0 atom stereocenters.